The highest BCUT2D eigenvalue weighted by Crippen LogP contribution is 2.17. The first-order valence-corrected chi connectivity index (χ1v) is 6.22. The SMILES string of the molecule is CC(C)(C)NC(=O)CNC(=O)NC1CCCC1. The van der Waals surface area contributed by atoms with Gasteiger partial charge in [0, 0.05) is 11.6 Å². The number of nitrogens with one attached hydrogen (secondary N) is 3. The molecule has 0 heterocycles. The van der Waals surface area contributed by atoms with Gasteiger partial charge in [-0.25, -0.2) is 4.79 Å². The Bertz CT molecular complexity index is 278. The fraction of sp³-hybridized carbons (Fsp3) is 0.833. The summed E-state index contributed by atoms with van der Waals surface area (Å²) < 4.78 is 0. The molecule has 0 bridgehead atoms. The molecule has 0 aromatic rings. The van der Waals surface area contributed by atoms with E-state index in [9.17, 15) is 9.59 Å². The molecule has 98 valence electrons. The Balaban J connectivity index is 2.16. The van der Waals surface area contributed by atoms with Crippen LogP contribution in [0.5, 0.6) is 0 Å². The Hall–Kier alpha value is -1.26. The first kappa shape index (κ1) is 13.8. The largest absolute Gasteiger partial charge is 0.350 e. The predicted octanol–water partition coefficient (Wildman–Crippen LogP) is 1.14. The molecule has 3 amide bonds. The average molecular weight is 241 g/mol. The van der Waals surface area contributed by atoms with Gasteiger partial charge in [0.1, 0.15) is 0 Å². The van der Waals surface area contributed by atoms with Crippen LogP contribution in [0.15, 0.2) is 0 Å². The van der Waals surface area contributed by atoms with Gasteiger partial charge in [0.15, 0.2) is 0 Å². The van der Waals surface area contributed by atoms with E-state index in [4.69, 9.17) is 0 Å². The summed E-state index contributed by atoms with van der Waals surface area (Å²) >= 11 is 0. The van der Waals surface area contributed by atoms with Crippen molar-refractivity contribution in [3.05, 3.63) is 0 Å². The van der Waals surface area contributed by atoms with E-state index in [-0.39, 0.29) is 30.1 Å². The Kier molecular flexibility index (Phi) is 4.78. The van der Waals surface area contributed by atoms with Crippen molar-refractivity contribution in [3.8, 4) is 0 Å². The Labute approximate surface area is 103 Å². The highest BCUT2D eigenvalue weighted by molar-refractivity contribution is 5.84. The minimum Gasteiger partial charge on any atom is -0.350 e. The molecule has 1 aliphatic carbocycles. The smallest absolute Gasteiger partial charge is 0.315 e. The first-order valence-electron chi connectivity index (χ1n) is 6.22. The maximum atomic E-state index is 11.5. The minimum atomic E-state index is -0.263. The molecular formula is C12H23N3O2. The van der Waals surface area contributed by atoms with Gasteiger partial charge in [-0.3, -0.25) is 4.79 Å². The lowest BCUT2D eigenvalue weighted by Crippen LogP contribution is -2.48. The fourth-order valence-electron chi connectivity index (χ4n) is 1.93. The Morgan fingerprint density at radius 3 is 2.29 bits per heavy atom. The van der Waals surface area contributed by atoms with Gasteiger partial charge in [0.2, 0.25) is 5.91 Å². The highest BCUT2D eigenvalue weighted by Gasteiger charge is 2.18. The Morgan fingerprint density at radius 2 is 1.76 bits per heavy atom. The lowest BCUT2D eigenvalue weighted by Gasteiger charge is -2.20. The zero-order valence-electron chi connectivity index (χ0n) is 10.9. The monoisotopic (exact) mass is 241 g/mol. The van der Waals surface area contributed by atoms with Gasteiger partial charge in [-0.15, -0.1) is 0 Å². The van der Waals surface area contributed by atoms with Crippen LogP contribution in [0.2, 0.25) is 0 Å². The molecule has 0 aromatic heterocycles. The zero-order chi connectivity index (χ0) is 12.9. The molecule has 5 nitrogen and oxygen atoms in total. The van der Waals surface area contributed by atoms with Gasteiger partial charge in [0.05, 0.1) is 6.54 Å². The van der Waals surface area contributed by atoms with E-state index in [0.29, 0.717) is 0 Å². The van der Waals surface area contributed by atoms with Gasteiger partial charge in [-0.05, 0) is 33.6 Å². The molecule has 5 heteroatoms. The van der Waals surface area contributed by atoms with Gasteiger partial charge in [0.25, 0.3) is 0 Å². The van der Waals surface area contributed by atoms with Crippen LogP contribution in [0.1, 0.15) is 46.5 Å². The first-order chi connectivity index (χ1) is 7.87. The topological polar surface area (TPSA) is 70.2 Å². The summed E-state index contributed by atoms with van der Waals surface area (Å²) in [5.41, 5.74) is -0.263. The van der Waals surface area contributed by atoms with Gasteiger partial charge in [-0.2, -0.15) is 0 Å². The molecular weight excluding hydrogens is 218 g/mol. The predicted molar refractivity (Wildman–Crippen MR) is 66.7 cm³/mol. The number of carbonyl (C=O) groups is 2. The fourth-order valence-corrected chi connectivity index (χ4v) is 1.93. The molecule has 17 heavy (non-hydrogen) atoms. The average Bonchev–Trinajstić information content (AvgIpc) is 2.64. The third-order valence-electron chi connectivity index (χ3n) is 2.61. The van der Waals surface area contributed by atoms with Crippen LogP contribution in [-0.4, -0.2) is 30.1 Å². The third kappa shape index (κ3) is 6.14. The number of amides is 3. The van der Waals surface area contributed by atoms with Crippen molar-refractivity contribution in [3.63, 3.8) is 0 Å². The van der Waals surface area contributed by atoms with Gasteiger partial charge < -0.3 is 16.0 Å². The van der Waals surface area contributed by atoms with Crippen molar-refractivity contribution in [2.45, 2.75) is 58.0 Å². The maximum absolute atomic E-state index is 11.5. The molecule has 1 saturated carbocycles. The summed E-state index contributed by atoms with van der Waals surface area (Å²) in [4.78, 5) is 22.9. The van der Waals surface area contributed by atoms with E-state index in [2.05, 4.69) is 16.0 Å². The van der Waals surface area contributed by atoms with E-state index in [1.54, 1.807) is 0 Å². The summed E-state index contributed by atoms with van der Waals surface area (Å²) in [7, 11) is 0. The van der Waals surface area contributed by atoms with Crippen LogP contribution >= 0.6 is 0 Å². The van der Waals surface area contributed by atoms with Gasteiger partial charge >= 0.3 is 6.03 Å². The van der Waals surface area contributed by atoms with Crippen molar-refractivity contribution in [1.29, 1.82) is 0 Å². The molecule has 0 aliphatic heterocycles. The molecule has 0 unspecified atom stereocenters. The van der Waals surface area contributed by atoms with Crippen molar-refractivity contribution in [1.82, 2.24) is 16.0 Å². The normalized spacial score (nSPS) is 16.6. The van der Waals surface area contributed by atoms with E-state index in [1.807, 2.05) is 20.8 Å². The lowest BCUT2D eigenvalue weighted by atomic mass is 10.1. The van der Waals surface area contributed by atoms with Crippen molar-refractivity contribution in [2.75, 3.05) is 6.54 Å². The van der Waals surface area contributed by atoms with E-state index in [0.717, 1.165) is 12.8 Å². The molecule has 0 aromatic carbocycles. The van der Waals surface area contributed by atoms with Crippen molar-refractivity contribution >= 4 is 11.9 Å². The number of hydrogen-bond acceptors (Lipinski definition) is 2. The zero-order valence-corrected chi connectivity index (χ0v) is 10.9. The third-order valence-corrected chi connectivity index (χ3v) is 2.61. The molecule has 1 rings (SSSR count). The second-order valence-electron chi connectivity index (χ2n) is 5.61. The lowest BCUT2D eigenvalue weighted by molar-refractivity contribution is -0.121. The second-order valence-corrected chi connectivity index (χ2v) is 5.61. The van der Waals surface area contributed by atoms with Crippen LogP contribution in [0, 0.1) is 0 Å². The van der Waals surface area contributed by atoms with Crippen LogP contribution < -0.4 is 16.0 Å². The highest BCUT2D eigenvalue weighted by atomic mass is 16.2. The summed E-state index contributed by atoms with van der Waals surface area (Å²) in [6.07, 6.45) is 4.44. The molecule has 1 aliphatic rings. The second kappa shape index (κ2) is 5.89. The molecule has 0 radical (unpaired) electrons. The van der Waals surface area contributed by atoms with Crippen LogP contribution in [0.25, 0.3) is 0 Å². The van der Waals surface area contributed by atoms with Crippen molar-refractivity contribution < 1.29 is 9.59 Å². The van der Waals surface area contributed by atoms with Crippen LogP contribution in [-0.2, 0) is 4.79 Å². The molecule has 0 saturated heterocycles. The standard InChI is InChI=1S/C12H23N3O2/c1-12(2,3)15-10(16)8-13-11(17)14-9-6-4-5-7-9/h9H,4-8H2,1-3H3,(H,15,16)(H2,13,14,17). The molecule has 0 atom stereocenters. The van der Waals surface area contributed by atoms with E-state index in [1.165, 1.54) is 12.8 Å². The van der Waals surface area contributed by atoms with E-state index < -0.39 is 0 Å². The molecule has 1 fully saturated rings. The number of rotatable bonds is 3. The summed E-state index contributed by atoms with van der Waals surface area (Å²) in [6, 6.07) is 0.0293. The van der Waals surface area contributed by atoms with Crippen molar-refractivity contribution in [2.24, 2.45) is 0 Å². The molecule has 0 spiro atoms. The van der Waals surface area contributed by atoms with Crippen LogP contribution in [0.4, 0.5) is 4.79 Å². The summed E-state index contributed by atoms with van der Waals surface area (Å²) in [6.45, 7) is 5.74. The Morgan fingerprint density at radius 1 is 1.18 bits per heavy atom. The van der Waals surface area contributed by atoms with Gasteiger partial charge in [-0.1, -0.05) is 12.8 Å². The maximum Gasteiger partial charge on any atom is 0.315 e. The van der Waals surface area contributed by atoms with Crippen LogP contribution in [0.3, 0.4) is 0 Å². The summed E-state index contributed by atoms with van der Waals surface area (Å²) in [5.74, 6) is -0.168. The van der Waals surface area contributed by atoms with E-state index >= 15 is 0 Å². The summed E-state index contributed by atoms with van der Waals surface area (Å²) in [5, 5.41) is 8.22. The number of urea groups is 1. The number of carbonyl (C=O) groups excluding carboxylic acids is 2. The minimum absolute atomic E-state index is 0.0236. The number of hydrogen-bond donors (Lipinski definition) is 3. The molecule has 3 N–H and O–H groups in total. The quantitative estimate of drug-likeness (QED) is 0.693.